The van der Waals surface area contributed by atoms with Gasteiger partial charge >= 0.3 is 0 Å². The first-order valence-electron chi connectivity index (χ1n) is 30.9. The van der Waals surface area contributed by atoms with Crippen molar-refractivity contribution in [1.82, 2.24) is 42.1 Å². The molecule has 2 aromatic carbocycles. The van der Waals surface area contributed by atoms with Crippen molar-refractivity contribution in [2.75, 3.05) is 39.9 Å². The fraction of sp³-hybridized carbons (Fsp3) is 0.613. The van der Waals surface area contributed by atoms with Crippen LogP contribution in [0.2, 0.25) is 0 Å². The first kappa shape index (κ1) is 72.7. The molecule has 0 unspecified atom stereocenters. The molecule has 506 valence electrons. The SMILES string of the molecule is COc1cccc2c1C(=O)c1c(O)c3c(c(O)c1C2=O)C[C@@](O)(C(=O)CO)C[C@@H]3O[C@H]1C[C@H](NC(=O)[C@H](CC(C)C)NC(=O)[C@H](CCCN=C(N)N)NC(=O)[C@H](CC(C)C)NC(=O)CNC(=O)[C@H](CC(C)C)NC(=O)[C@@H]2CCCN2C(=O)CNC(C)=O)[C@H](O)[C@H](C)O1. The number of hydrogen-bond acceptors (Lipinski definition) is 20. The molecule has 30 nitrogen and oxygen atoms in total. The Balaban J connectivity index is 1.17. The highest BCUT2D eigenvalue weighted by atomic mass is 16.7. The van der Waals surface area contributed by atoms with E-state index in [-0.39, 0.29) is 110 Å². The average molecular weight is 1290 g/mol. The predicted molar refractivity (Wildman–Crippen MR) is 328 cm³/mol. The molecule has 2 aliphatic heterocycles. The third kappa shape index (κ3) is 17.8. The minimum Gasteiger partial charge on any atom is -0.507 e. The lowest BCUT2D eigenvalue weighted by atomic mass is 9.72. The van der Waals surface area contributed by atoms with Gasteiger partial charge in [0.25, 0.3) is 0 Å². The zero-order valence-electron chi connectivity index (χ0n) is 53.3. The molecule has 2 fully saturated rings. The van der Waals surface area contributed by atoms with Crippen LogP contribution in [0.1, 0.15) is 162 Å². The molecule has 92 heavy (non-hydrogen) atoms. The van der Waals surface area contributed by atoms with E-state index < -0.39 is 180 Å². The number of ketones is 3. The van der Waals surface area contributed by atoms with Crippen LogP contribution in [0.5, 0.6) is 17.2 Å². The van der Waals surface area contributed by atoms with E-state index in [0.29, 0.717) is 12.8 Å². The lowest BCUT2D eigenvalue weighted by molar-refractivity contribution is -0.249. The number of Topliss-reactive ketones (excluding diaryl/α,β-unsaturated/α-hetero) is 1. The Morgan fingerprint density at radius 2 is 1.40 bits per heavy atom. The summed E-state index contributed by atoms with van der Waals surface area (Å²) >= 11 is 0. The fourth-order valence-corrected chi connectivity index (χ4v) is 12.0. The molecular weight excluding hydrogens is 1200 g/mol. The number of nitrogens with zero attached hydrogens (tertiary/aromatic N) is 2. The minimum absolute atomic E-state index is 0.00197. The number of fused-ring (bicyclic) bond motifs is 3. The van der Waals surface area contributed by atoms with Crippen LogP contribution < -0.4 is 53.4 Å². The van der Waals surface area contributed by atoms with E-state index in [9.17, 15) is 78.3 Å². The largest absolute Gasteiger partial charge is 0.507 e. The van der Waals surface area contributed by atoms with Gasteiger partial charge < -0.3 is 93.3 Å². The summed E-state index contributed by atoms with van der Waals surface area (Å²) in [5.41, 5.74) is 6.46. The minimum atomic E-state index is -2.48. The van der Waals surface area contributed by atoms with E-state index in [1.165, 1.54) is 44.1 Å². The van der Waals surface area contributed by atoms with E-state index in [0.717, 1.165) is 0 Å². The third-order valence-electron chi connectivity index (χ3n) is 16.5. The number of guanidine groups is 1. The molecule has 30 heteroatoms. The summed E-state index contributed by atoms with van der Waals surface area (Å²) in [6.07, 6.45) is -6.32. The molecule has 8 amide bonds. The molecule has 0 aromatic heterocycles. The van der Waals surface area contributed by atoms with Gasteiger partial charge in [0.2, 0.25) is 53.0 Å². The molecule has 16 N–H and O–H groups in total. The van der Waals surface area contributed by atoms with Crippen LogP contribution in [0.25, 0.3) is 0 Å². The number of rotatable bonds is 29. The maximum Gasteiger partial charge on any atom is 0.243 e. The van der Waals surface area contributed by atoms with Crippen molar-refractivity contribution < 1.29 is 92.5 Å². The van der Waals surface area contributed by atoms with E-state index in [1.54, 1.807) is 27.7 Å². The van der Waals surface area contributed by atoms with Gasteiger partial charge in [0.05, 0.1) is 55.1 Å². The first-order chi connectivity index (χ1) is 43.3. The number of phenolic OH excluding ortho intramolecular Hbond substituents is 2. The van der Waals surface area contributed by atoms with Crippen molar-refractivity contribution in [3.63, 3.8) is 0 Å². The highest BCUT2D eigenvalue weighted by Gasteiger charge is 2.51. The van der Waals surface area contributed by atoms with E-state index >= 15 is 0 Å². The predicted octanol–water partition coefficient (Wildman–Crippen LogP) is -1.47. The van der Waals surface area contributed by atoms with Crippen LogP contribution >= 0.6 is 0 Å². The number of phenols is 2. The van der Waals surface area contributed by atoms with Gasteiger partial charge in [0, 0.05) is 56.0 Å². The number of hydrogen-bond donors (Lipinski definition) is 14. The average Bonchev–Trinajstić information content (AvgIpc) is 0.782. The van der Waals surface area contributed by atoms with Gasteiger partial charge in [-0.25, -0.2) is 0 Å². The maximum atomic E-state index is 14.5. The number of carbonyl (C=O) groups is 11. The maximum absolute atomic E-state index is 14.5. The molecule has 0 radical (unpaired) electrons. The van der Waals surface area contributed by atoms with Crippen molar-refractivity contribution in [1.29, 1.82) is 0 Å². The Morgan fingerprint density at radius 3 is 2.01 bits per heavy atom. The molecule has 0 bridgehead atoms. The van der Waals surface area contributed by atoms with Crippen LogP contribution in [-0.4, -0.2) is 201 Å². The number of carbonyl (C=O) groups excluding carboxylic acids is 11. The van der Waals surface area contributed by atoms with Gasteiger partial charge in [-0.2, -0.15) is 0 Å². The van der Waals surface area contributed by atoms with Gasteiger partial charge in [0.1, 0.15) is 65.8 Å². The van der Waals surface area contributed by atoms with Crippen LogP contribution in [0.3, 0.4) is 0 Å². The summed E-state index contributed by atoms with van der Waals surface area (Å²) in [7, 11) is 1.27. The number of benzene rings is 2. The van der Waals surface area contributed by atoms with Gasteiger partial charge in [0.15, 0.2) is 23.8 Å². The summed E-state index contributed by atoms with van der Waals surface area (Å²) in [4.78, 5) is 155. The topological polar surface area (TPSA) is 468 Å². The zero-order chi connectivity index (χ0) is 68.2. The number of likely N-dealkylation sites (tertiary alicyclic amines) is 1. The Morgan fingerprint density at radius 1 is 0.793 bits per heavy atom. The summed E-state index contributed by atoms with van der Waals surface area (Å²) in [5, 5.41) is 75.7. The van der Waals surface area contributed by atoms with Crippen LogP contribution in [-0.2, 0) is 59.0 Å². The van der Waals surface area contributed by atoms with Crippen molar-refractivity contribution >= 4 is 70.6 Å². The van der Waals surface area contributed by atoms with Crippen molar-refractivity contribution in [3.8, 4) is 17.2 Å². The zero-order valence-corrected chi connectivity index (χ0v) is 53.3. The number of aliphatic hydroxyl groups is 3. The molecule has 11 atom stereocenters. The lowest BCUT2D eigenvalue weighted by Crippen LogP contribution is -2.60. The summed E-state index contributed by atoms with van der Waals surface area (Å²) in [5.74, 6) is -10.8. The number of aliphatic imine (C=N–C) groups is 1. The molecule has 4 aliphatic rings. The lowest BCUT2D eigenvalue weighted by Gasteiger charge is -2.43. The van der Waals surface area contributed by atoms with Crippen LogP contribution in [0.15, 0.2) is 23.2 Å². The van der Waals surface area contributed by atoms with Crippen molar-refractivity contribution in [2.45, 2.75) is 186 Å². The monoisotopic (exact) mass is 1290 g/mol. The standard InChI is InChI=1S/C62H89N11O19/c1-28(2)19-37(72-60(88)40-15-12-18-73(40)45(78)26-66-32(8)75)56(84)67-25-44(77)68-38(20-29(3)4)58(86)69-35(14-11-17-65-61(63)64)57(85)71-39(21-30(5)6)59(87)70-36-22-46(91-31(7)51(36)79)92-42-24-62(89,43(76)27-74)23-34-48(42)55(83)50-49(53(34)81)52(80)33-13-10-16-41(90-9)47(33)54(50)82/h10,13,16,28-31,35-40,42,46,51,74,79,81,83,89H,11-12,14-15,17-27H2,1-9H3,(H,66,75)(H,67,84)(H,68,77)(H,69,86)(H,70,87)(H,71,85)(H,72,88)(H4,63,64,65)/t31-,35-,36-,37-,38-,39-,40-,42-,46-,51+,62-/m0/s1. The van der Waals surface area contributed by atoms with E-state index in [2.05, 4.69) is 42.2 Å². The first-order valence-corrected chi connectivity index (χ1v) is 30.9. The Bertz CT molecular complexity index is 3170. The highest BCUT2D eigenvalue weighted by molar-refractivity contribution is 6.31. The van der Waals surface area contributed by atoms with Crippen LogP contribution in [0.4, 0.5) is 0 Å². The van der Waals surface area contributed by atoms with E-state index in [1.807, 2.05) is 13.8 Å². The second-order valence-electron chi connectivity index (χ2n) is 25.1. The van der Waals surface area contributed by atoms with Gasteiger partial charge in [-0.1, -0.05) is 53.7 Å². The Labute approximate surface area is 532 Å². The smallest absolute Gasteiger partial charge is 0.243 e. The molecule has 2 saturated heterocycles. The Hall–Kier alpha value is -8.32. The Kier molecular flexibility index (Phi) is 25.2. The third-order valence-corrected chi connectivity index (χ3v) is 16.5. The summed E-state index contributed by atoms with van der Waals surface area (Å²) in [6.45, 7) is 11.7. The van der Waals surface area contributed by atoms with Crippen molar-refractivity contribution in [2.24, 2.45) is 34.2 Å². The molecule has 6 rings (SSSR count). The second-order valence-corrected chi connectivity index (χ2v) is 25.1. The number of ether oxygens (including phenoxy) is 3. The molecule has 0 spiro atoms. The molecular formula is C62H89N11O19. The second kappa shape index (κ2) is 31.8. The molecule has 2 aromatic rings. The van der Waals surface area contributed by atoms with Crippen molar-refractivity contribution in [3.05, 3.63) is 51.6 Å². The molecule has 0 saturated carbocycles. The number of aliphatic hydroxyl groups excluding tert-OH is 2. The molecule has 2 heterocycles. The summed E-state index contributed by atoms with van der Waals surface area (Å²) < 4.78 is 17.8. The van der Waals surface area contributed by atoms with E-state index in [4.69, 9.17) is 25.7 Å². The number of methoxy groups -OCH3 is 1. The number of nitrogens with one attached hydrogen (secondary N) is 7. The normalized spacial score (nSPS) is 22.1. The van der Waals surface area contributed by atoms with Gasteiger partial charge in [-0.3, -0.25) is 57.7 Å². The quantitative estimate of drug-likeness (QED) is 0.0163. The summed E-state index contributed by atoms with van der Waals surface area (Å²) in [6, 6.07) is -3.02. The van der Waals surface area contributed by atoms with Gasteiger partial charge in [-0.05, 0) is 75.7 Å². The highest BCUT2D eigenvalue weighted by Crippen LogP contribution is 2.52. The number of amides is 8. The number of nitrogens with two attached hydrogens (primary N) is 2. The van der Waals surface area contributed by atoms with Crippen LogP contribution in [0, 0.1) is 17.8 Å². The van der Waals surface area contributed by atoms with Gasteiger partial charge in [-0.15, -0.1) is 0 Å². The fourth-order valence-electron chi connectivity index (χ4n) is 12.0. The number of aromatic hydroxyl groups is 2. The molecule has 2 aliphatic carbocycles.